The van der Waals surface area contributed by atoms with Gasteiger partial charge in [0.1, 0.15) is 18.1 Å². The Morgan fingerprint density at radius 3 is 2.09 bits per heavy atom. The van der Waals surface area contributed by atoms with Gasteiger partial charge in [-0.1, -0.05) is 13.8 Å². The molecule has 0 bridgehead atoms. The number of aliphatic hydroxyl groups excluding tert-OH is 1. The van der Waals surface area contributed by atoms with Crippen LogP contribution in [0.15, 0.2) is 12.5 Å². The number of primary amides is 1. The van der Waals surface area contributed by atoms with Crippen molar-refractivity contribution in [2.45, 2.75) is 57.3 Å². The van der Waals surface area contributed by atoms with Crippen LogP contribution in [0.3, 0.4) is 0 Å². The Kier molecular flexibility index (Phi) is 10.9. The normalized spacial score (nSPS) is 14.6. The van der Waals surface area contributed by atoms with Gasteiger partial charge in [-0.3, -0.25) is 19.2 Å². The number of amides is 4. The van der Waals surface area contributed by atoms with Gasteiger partial charge in [-0.05, 0) is 12.3 Å². The third-order valence-electron chi connectivity index (χ3n) is 4.74. The van der Waals surface area contributed by atoms with E-state index in [4.69, 9.17) is 11.5 Å². The lowest BCUT2D eigenvalue weighted by atomic mass is 10.0. The molecule has 4 amide bonds. The van der Waals surface area contributed by atoms with Crippen molar-refractivity contribution in [3.05, 3.63) is 18.2 Å². The number of rotatable bonds is 14. The minimum atomic E-state index is -1.52. The molecule has 14 heteroatoms. The first kappa shape index (κ1) is 27.5. The summed E-state index contributed by atoms with van der Waals surface area (Å²) in [5.41, 5.74) is 11.3. The molecule has 0 fully saturated rings. The van der Waals surface area contributed by atoms with Crippen LogP contribution in [0, 0.1) is 5.92 Å². The predicted octanol–water partition coefficient (Wildman–Crippen LogP) is -3.27. The molecule has 4 unspecified atom stereocenters. The van der Waals surface area contributed by atoms with E-state index in [1.807, 2.05) is 0 Å². The van der Waals surface area contributed by atoms with E-state index in [-0.39, 0.29) is 25.2 Å². The quantitative estimate of drug-likeness (QED) is 0.136. The van der Waals surface area contributed by atoms with Crippen molar-refractivity contribution >= 4 is 29.6 Å². The van der Waals surface area contributed by atoms with Gasteiger partial charge in [0.2, 0.25) is 23.6 Å². The molecule has 33 heavy (non-hydrogen) atoms. The SMILES string of the molecule is CC(C)C(N)C(=O)NC(CCC(N)=O)C(=O)NC(CO)C(=O)NC(Cc1cnc[nH]1)C(=O)O. The van der Waals surface area contributed by atoms with Crippen LogP contribution in [0.5, 0.6) is 0 Å². The Bertz CT molecular complexity index is 828. The van der Waals surface area contributed by atoms with Crippen molar-refractivity contribution in [3.63, 3.8) is 0 Å². The summed E-state index contributed by atoms with van der Waals surface area (Å²) in [7, 11) is 0. The molecule has 0 aliphatic carbocycles. The van der Waals surface area contributed by atoms with Gasteiger partial charge < -0.3 is 42.6 Å². The van der Waals surface area contributed by atoms with E-state index in [2.05, 4.69) is 25.9 Å². The molecule has 0 saturated carbocycles. The van der Waals surface area contributed by atoms with Crippen LogP contribution in [0.4, 0.5) is 0 Å². The number of aliphatic hydroxyl groups is 1. The molecule has 0 saturated heterocycles. The standard InChI is InChI=1S/C19H31N7O7/c1-9(2)15(21)18(31)24-11(3-4-14(20)28)16(29)26-13(7-27)17(30)25-12(19(32)33)5-10-6-22-8-23-10/h6,8-9,11-13,15,27H,3-5,7,21H2,1-2H3,(H2,20,28)(H,22,23)(H,24,31)(H,25,30)(H,26,29)(H,32,33). The number of aromatic amines is 1. The van der Waals surface area contributed by atoms with Gasteiger partial charge in [0.15, 0.2) is 0 Å². The van der Waals surface area contributed by atoms with Gasteiger partial charge in [0.05, 0.1) is 19.0 Å². The topological polar surface area (TPSA) is 243 Å². The first-order valence-corrected chi connectivity index (χ1v) is 10.2. The molecule has 1 rings (SSSR count). The van der Waals surface area contributed by atoms with Crippen molar-refractivity contribution in [2.24, 2.45) is 17.4 Å². The van der Waals surface area contributed by atoms with Gasteiger partial charge in [-0.25, -0.2) is 9.78 Å². The Morgan fingerprint density at radius 2 is 1.61 bits per heavy atom. The first-order valence-electron chi connectivity index (χ1n) is 10.2. The summed E-state index contributed by atoms with van der Waals surface area (Å²) in [6.45, 7) is 2.56. The number of nitrogens with zero attached hydrogens (tertiary/aromatic N) is 1. The number of hydrogen-bond donors (Lipinski definition) is 8. The average molecular weight is 469 g/mol. The third-order valence-corrected chi connectivity index (χ3v) is 4.74. The minimum Gasteiger partial charge on any atom is -0.480 e. The van der Waals surface area contributed by atoms with Crippen LogP contribution in [0.1, 0.15) is 32.4 Å². The van der Waals surface area contributed by atoms with Crippen molar-refractivity contribution in [3.8, 4) is 0 Å². The second-order valence-electron chi connectivity index (χ2n) is 7.76. The zero-order valence-corrected chi connectivity index (χ0v) is 18.4. The lowest BCUT2D eigenvalue weighted by Crippen LogP contribution is -2.58. The average Bonchev–Trinajstić information content (AvgIpc) is 3.26. The fraction of sp³-hybridized carbons (Fsp3) is 0.579. The monoisotopic (exact) mass is 469 g/mol. The van der Waals surface area contributed by atoms with Gasteiger partial charge in [-0.2, -0.15) is 0 Å². The highest BCUT2D eigenvalue weighted by atomic mass is 16.4. The number of hydrogen-bond acceptors (Lipinski definition) is 8. The smallest absolute Gasteiger partial charge is 0.326 e. The minimum absolute atomic E-state index is 0.114. The fourth-order valence-electron chi connectivity index (χ4n) is 2.68. The van der Waals surface area contributed by atoms with Crippen LogP contribution in [0.2, 0.25) is 0 Å². The number of H-pyrrole nitrogens is 1. The molecular weight excluding hydrogens is 438 g/mol. The number of nitrogens with one attached hydrogen (secondary N) is 4. The van der Waals surface area contributed by atoms with E-state index in [0.29, 0.717) is 5.69 Å². The van der Waals surface area contributed by atoms with Crippen LogP contribution in [0.25, 0.3) is 0 Å². The van der Waals surface area contributed by atoms with Crippen LogP contribution >= 0.6 is 0 Å². The first-order chi connectivity index (χ1) is 15.5. The van der Waals surface area contributed by atoms with Gasteiger partial charge in [0.25, 0.3) is 0 Å². The summed E-state index contributed by atoms with van der Waals surface area (Å²) in [5.74, 6) is -4.77. The fourth-order valence-corrected chi connectivity index (χ4v) is 2.68. The summed E-state index contributed by atoms with van der Waals surface area (Å²) in [6.07, 6.45) is 2.21. The molecular formula is C19H31N7O7. The summed E-state index contributed by atoms with van der Waals surface area (Å²) >= 11 is 0. The number of carbonyl (C=O) groups excluding carboxylic acids is 4. The second-order valence-corrected chi connectivity index (χ2v) is 7.76. The Morgan fingerprint density at radius 1 is 1.03 bits per heavy atom. The van der Waals surface area contributed by atoms with Gasteiger partial charge in [-0.15, -0.1) is 0 Å². The third kappa shape index (κ3) is 9.24. The molecule has 0 aromatic carbocycles. The van der Waals surface area contributed by atoms with E-state index in [1.165, 1.54) is 12.5 Å². The second kappa shape index (κ2) is 13.1. The maximum absolute atomic E-state index is 12.7. The maximum Gasteiger partial charge on any atom is 0.326 e. The van der Waals surface area contributed by atoms with E-state index >= 15 is 0 Å². The molecule has 14 nitrogen and oxygen atoms in total. The molecule has 1 heterocycles. The molecule has 4 atom stereocenters. The summed E-state index contributed by atoms with van der Waals surface area (Å²) in [6, 6.07) is -5.08. The zero-order chi connectivity index (χ0) is 25.1. The number of carboxylic acids is 1. The number of imidazole rings is 1. The lowest BCUT2D eigenvalue weighted by Gasteiger charge is -2.24. The number of aliphatic carboxylic acids is 1. The van der Waals surface area contributed by atoms with Crippen molar-refractivity contribution in [1.29, 1.82) is 0 Å². The van der Waals surface area contributed by atoms with Crippen molar-refractivity contribution in [1.82, 2.24) is 25.9 Å². The highest BCUT2D eigenvalue weighted by Crippen LogP contribution is 2.04. The van der Waals surface area contributed by atoms with Crippen LogP contribution < -0.4 is 27.4 Å². The summed E-state index contributed by atoms with van der Waals surface area (Å²) in [4.78, 5) is 66.6. The number of aromatic nitrogens is 2. The van der Waals surface area contributed by atoms with Crippen LogP contribution in [-0.2, 0) is 30.4 Å². The highest BCUT2D eigenvalue weighted by molar-refractivity contribution is 5.94. The van der Waals surface area contributed by atoms with E-state index < -0.39 is 60.4 Å². The molecule has 0 aliphatic rings. The lowest BCUT2D eigenvalue weighted by molar-refractivity contribution is -0.142. The summed E-state index contributed by atoms with van der Waals surface area (Å²) in [5, 5.41) is 25.8. The van der Waals surface area contributed by atoms with Gasteiger partial charge >= 0.3 is 5.97 Å². The summed E-state index contributed by atoms with van der Waals surface area (Å²) < 4.78 is 0. The predicted molar refractivity (Wildman–Crippen MR) is 114 cm³/mol. The van der Waals surface area contributed by atoms with E-state index in [1.54, 1.807) is 13.8 Å². The van der Waals surface area contributed by atoms with E-state index in [9.17, 15) is 34.2 Å². The highest BCUT2D eigenvalue weighted by Gasteiger charge is 2.30. The largest absolute Gasteiger partial charge is 0.480 e. The molecule has 1 aromatic heterocycles. The Hall–Kier alpha value is -3.52. The Balaban J connectivity index is 2.87. The molecule has 0 spiro atoms. The van der Waals surface area contributed by atoms with E-state index in [0.717, 1.165) is 0 Å². The molecule has 0 aliphatic heterocycles. The Labute approximate surface area is 189 Å². The zero-order valence-electron chi connectivity index (χ0n) is 18.4. The maximum atomic E-state index is 12.7. The molecule has 10 N–H and O–H groups in total. The van der Waals surface area contributed by atoms with Crippen molar-refractivity contribution < 1.29 is 34.2 Å². The number of carboxylic acid groups (broad SMARTS) is 1. The molecule has 0 radical (unpaired) electrons. The number of nitrogens with two attached hydrogens (primary N) is 2. The van der Waals surface area contributed by atoms with Crippen molar-refractivity contribution in [2.75, 3.05) is 6.61 Å². The van der Waals surface area contributed by atoms with Gasteiger partial charge in [0, 0.05) is 24.7 Å². The molecule has 184 valence electrons. The number of carbonyl (C=O) groups is 5. The molecule has 1 aromatic rings. The van der Waals surface area contributed by atoms with Crippen LogP contribution in [-0.4, -0.2) is 80.6 Å².